The molecule has 2 aliphatic heterocycles. The van der Waals surface area contributed by atoms with Gasteiger partial charge in [-0.3, -0.25) is 0 Å². The van der Waals surface area contributed by atoms with Gasteiger partial charge >= 0.3 is 0 Å². The van der Waals surface area contributed by atoms with Gasteiger partial charge in [-0.2, -0.15) is 0 Å². The molecule has 5 heteroatoms. The molecular formula is C85H96BN3O. The molecule has 8 aromatic carbocycles. The maximum Gasteiger partial charge on any atom is 0.297 e. The molecule has 0 N–H and O–H groups in total. The van der Waals surface area contributed by atoms with Crippen LogP contribution in [-0.4, -0.2) is 6.71 Å². The van der Waals surface area contributed by atoms with Gasteiger partial charge in [0.2, 0.25) is 0 Å². The number of hydrogen-bond acceptors (Lipinski definition) is 4. The molecule has 6 aliphatic rings. The summed E-state index contributed by atoms with van der Waals surface area (Å²) < 4.78 is 7.78. The van der Waals surface area contributed by atoms with Crippen LogP contribution in [0.4, 0.5) is 51.2 Å². The summed E-state index contributed by atoms with van der Waals surface area (Å²) in [5.74, 6) is 0. The third-order valence-electron chi connectivity index (χ3n) is 23.7. The number of furan rings is 1. The van der Waals surface area contributed by atoms with E-state index in [1.165, 1.54) is 106 Å². The van der Waals surface area contributed by atoms with Gasteiger partial charge in [-0.1, -0.05) is 205 Å². The number of fused-ring (bicyclic) bond motifs is 12. The van der Waals surface area contributed by atoms with Gasteiger partial charge in [0, 0.05) is 50.6 Å². The number of nitrogens with zero attached hydrogens (tertiary/aromatic N) is 3. The lowest BCUT2D eigenvalue weighted by Gasteiger charge is -2.47. The highest BCUT2D eigenvalue weighted by Crippen LogP contribution is 2.58. The molecule has 4 nitrogen and oxygen atoms in total. The lowest BCUT2D eigenvalue weighted by molar-refractivity contribution is 0.332. The zero-order valence-electron chi connectivity index (χ0n) is 57.9. The van der Waals surface area contributed by atoms with Crippen LogP contribution in [0.1, 0.15) is 233 Å². The Bertz CT molecular complexity index is 4500. The monoisotopic (exact) mass is 1190 g/mol. The van der Waals surface area contributed by atoms with Crippen molar-refractivity contribution in [1.29, 1.82) is 0 Å². The van der Waals surface area contributed by atoms with Gasteiger partial charge in [0.05, 0.1) is 17.0 Å². The van der Waals surface area contributed by atoms with Crippen molar-refractivity contribution in [3.8, 4) is 11.1 Å². The average Bonchev–Trinajstić information content (AvgIpc) is 1.08. The molecule has 0 radical (unpaired) electrons. The quantitative estimate of drug-likeness (QED) is 0.160. The minimum atomic E-state index is -0.224. The van der Waals surface area contributed by atoms with Crippen LogP contribution in [0.25, 0.3) is 22.1 Å². The first kappa shape index (κ1) is 59.1. The molecule has 0 amide bonds. The van der Waals surface area contributed by atoms with Crippen LogP contribution >= 0.6 is 0 Å². The molecule has 0 atom stereocenters. The van der Waals surface area contributed by atoms with E-state index in [1.54, 1.807) is 0 Å². The minimum Gasteiger partial charge on any atom is -0.468 e. The molecule has 0 unspecified atom stereocenters. The average molecular weight is 1190 g/mol. The Morgan fingerprint density at radius 3 is 1.43 bits per heavy atom. The molecule has 0 bridgehead atoms. The largest absolute Gasteiger partial charge is 0.468 e. The normalized spacial score (nSPS) is 19.6. The molecule has 90 heavy (non-hydrogen) atoms. The van der Waals surface area contributed by atoms with Gasteiger partial charge in [-0.25, -0.2) is 0 Å². The second-order valence-corrected chi connectivity index (χ2v) is 35.0. The standard InChI is InChI=1S/C85H96BN3O/c1-77(2,3)51-25-28-53(29-26-51)87(54-30-33-59-58-23-21-22-24-61(58)85(19,20)64(59)44-54)57-47-71-74-72(48-57)89(56-32-35-63-66(46-56)82(13,14)40-38-80(63,9)10)75-60-43-52(78(4,5)6)27-36-73(60)90-76(75)86(74)69-49-67-68(84(17,18)42-41-83(67,15)16)50-70(69)88(71)55-31-34-62-65(45-55)81(11,12)39-37-79(62,7)8/h21-36,43-50H,37-42H2,1-20H3. The van der Waals surface area contributed by atoms with Crippen molar-refractivity contribution in [2.24, 2.45) is 0 Å². The van der Waals surface area contributed by atoms with Crippen LogP contribution < -0.4 is 31.3 Å². The van der Waals surface area contributed by atoms with Crippen molar-refractivity contribution in [2.45, 2.75) is 226 Å². The molecular weight excluding hydrogens is 1090 g/mol. The van der Waals surface area contributed by atoms with Crippen LogP contribution in [0.15, 0.2) is 150 Å². The van der Waals surface area contributed by atoms with E-state index in [-0.39, 0.29) is 55.4 Å². The van der Waals surface area contributed by atoms with Crippen LogP contribution in [0.3, 0.4) is 0 Å². The van der Waals surface area contributed by atoms with Crippen LogP contribution in [0.2, 0.25) is 0 Å². The fraction of sp³-hybridized carbons (Fsp3) is 0.412. The highest BCUT2D eigenvalue weighted by molar-refractivity contribution is 7.00. The predicted molar refractivity (Wildman–Crippen MR) is 386 cm³/mol. The smallest absolute Gasteiger partial charge is 0.297 e. The molecule has 460 valence electrons. The summed E-state index contributed by atoms with van der Waals surface area (Å²) >= 11 is 0. The Hall–Kier alpha value is -7.24. The van der Waals surface area contributed by atoms with E-state index >= 15 is 0 Å². The Morgan fingerprint density at radius 2 is 0.867 bits per heavy atom. The van der Waals surface area contributed by atoms with Crippen molar-refractivity contribution in [3.63, 3.8) is 0 Å². The van der Waals surface area contributed by atoms with Gasteiger partial charge in [-0.15, -0.1) is 0 Å². The van der Waals surface area contributed by atoms with E-state index in [9.17, 15) is 0 Å². The molecule has 0 saturated carbocycles. The Labute approximate surface area is 539 Å². The predicted octanol–water partition coefficient (Wildman–Crippen LogP) is 21.9. The summed E-state index contributed by atoms with van der Waals surface area (Å²) in [5.41, 5.74) is 31.5. The van der Waals surface area contributed by atoms with E-state index in [0.717, 1.165) is 77.9 Å². The third-order valence-corrected chi connectivity index (χ3v) is 23.7. The molecule has 0 saturated heterocycles. The van der Waals surface area contributed by atoms with Crippen molar-refractivity contribution < 1.29 is 4.42 Å². The lowest BCUT2D eigenvalue weighted by atomic mass is 9.35. The summed E-state index contributed by atoms with van der Waals surface area (Å²) in [6.07, 6.45) is 6.84. The second-order valence-electron chi connectivity index (χ2n) is 35.0. The fourth-order valence-electron chi connectivity index (χ4n) is 17.5. The minimum absolute atomic E-state index is 0.0111. The number of rotatable bonds is 5. The Kier molecular flexibility index (Phi) is 12.4. The topological polar surface area (TPSA) is 22.9 Å². The van der Waals surface area contributed by atoms with Crippen molar-refractivity contribution in [2.75, 3.05) is 14.7 Å². The van der Waals surface area contributed by atoms with Crippen LogP contribution in [0.5, 0.6) is 0 Å². The summed E-state index contributed by atoms with van der Waals surface area (Å²) in [6.45, 7) is 48.4. The maximum absolute atomic E-state index is 7.78. The van der Waals surface area contributed by atoms with Gasteiger partial charge in [0.25, 0.3) is 6.71 Å². The molecule has 4 aliphatic carbocycles. The van der Waals surface area contributed by atoms with Crippen molar-refractivity contribution in [1.82, 2.24) is 0 Å². The van der Waals surface area contributed by atoms with E-state index in [0.29, 0.717) is 0 Å². The zero-order chi connectivity index (χ0) is 63.7. The van der Waals surface area contributed by atoms with Crippen molar-refractivity contribution >= 4 is 85.5 Å². The molecule has 15 rings (SSSR count). The molecule has 0 spiro atoms. The molecule has 9 aromatic rings. The number of benzene rings is 8. The molecule has 1 aromatic heterocycles. The highest BCUT2D eigenvalue weighted by atomic mass is 16.3. The summed E-state index contributed by atoms with van der Waals surface area (Å²) in [6, 6.07) is 58.7. The molecule has 0 fully saturated rings. The van der Waals surface area contributed by atoms with Gasteiger partial charge in [0.1, 0.15) is 5.58 Å². The zero-order valence-corrected chi connectivity index (χ0v) is 57.9. The van der Waals surface area contributed by atoms with Gasteiger partial charge < -0.3 is 19.1 Å². The van der Waals surface area contributed by atoms with Gasteiger partial charge in [-0.05, 0) is 238 Å². The van der Waals surface area contributed by atoms with E-state index in [4.69, 9.17) is 4.42 Å². The number of hydrogen-bond donors (Lipinski definition) is 0. The van der Waals surface area contributed by atoms with Gasteiger partial charge in [0.15, 0.2) is 0 Å². The first-order valence-corrected chi connectivity index (χ1v) is 34.1. The van der Waals surface area contributed by atoms with Crippen LogP contribution in [-0.2, 0) is 48.7 Å². The fourth-order valence-corrected chi connectivity index (χ4v) is 17.5. The summed E-state index contributed by atoms with van der Waals surface area (Å²) in [5, 5.41) is 1.16. The van der Waals surface area contributed by atoms with E-state index < -0.39 is 0 Å². The lowest BCUT2D eigenvalue weighted by Crippen LogP contribution is -2.61. The SMILES string of the molecule is CC(C)(C)c1ccc(N(c2cc3c4c(c2)N(c2ccc5c(c2)C(C)(C)CCC5(C)C)c2c(oc5ccc(C(C)(C)C)cc25)B4c2cc4c(cc2N3c2ccc3c(c2)C(C)(C)CCC3(C)C)C(C)(C)CCC4(C)C)c2ccc3c(c2)C(C)(C)c2ccccc2-3)cc1. The Morgan fingerprint density at radius 1 is 0.389 bits per heavy atom. The van der Waals surface area contributed by atoms with Crippen molar-refractivity contribution in [3.05, 3.63) is 201 Å². The Balaban J connectivity index is 1.11. The highest BCUT2D eigenvalue weighted by Gasteiger charge is 2.51. The third kappa shape index (κ3) is 8.72. The van der Waals surface area contributed by atoms with E-state index in [2.05, 4.69) is 299 Å². The summed E-state index contributed by atoms with van der Waals surface area (Å²) in [4.78, 5) is 8.01. The summed E-state index contributed by atoms with van der Waals surface area (Å²) in [7, 11) is 0. The molecule has 3 heterocycles. The van der Waals surface area contributed by atoms with Crippen LogP contribution in [0, 0.1) is 0 Å². The maximum atomic E-state index is 7.78. The number of anilines is 9. The second kappa shape index (κ2) is 19.0. The van der Waals surface area contributed by atoms with E-state index in [1.807, 2.05) is 0 Å². The first-order chi connectivity index (χ1) is 42.1. The first-order valence-electron chi connectivity index (χ1n) is 34.1.